The van der Waals surface area contributed by atoms with Crippen molar-refractivity contribution in [2.24, 2.45) is 11.5 Å². The van der Waals surface area contributed by atoms with Gasteiger partial charge in [-0.25, -0.2) is 4.79 Å². The number of hydrogen-bond acceptors (Lipinski definition) is 3. The van der Waals surface area contributed by atoms with Crippen molar-refractivity contribution in [1.29, 1.82) is 0 Å². The molecule has 0 aromatic carbocycles. The highest BCUT2D eigenvalue weighted by atomic mass is 32.1. The van der Waals surface area contributed by atoms with Gasteiger partial charge < -0.3 is 21.5 Å². The number of primary amides is 1. The van der Waals surface area contributed by atoms with Crippen LogP contribution in [0.2, 0.25) is 0 Å². The Hall–Kier alpha value is -1.04. The van der Waals surface area contributed by atoms with Crippen molar-refractivity contribution in [3.8, 4) is 0 Å². The average Bonchev–Trinajstić information content (AvgIpc) is 1.79. The summed E-state index contributed by atoms with van der Waals surface area (Å²) in [7, 11) is 0. The number of thiocarbonyl (C=S) groups is 1. The predicted octanol–water partition coefficient (Wildman–Crippen LogP) is -1.09. The fourth-order valence-electron chi connectivity index (χ4n) is 0.326. The van der Waals surface area contributed by atoms with E-state index in [1.54, 1.807) is 0 Å². The van der Waals surface area contributed by atoms with E-state index in [1.165, 1.54) is 0 Å². The van der Waals surface area contributed by atoms with Crippen molar-refractivity contribution in [3.63, 3.8) is 0 Å². The molecular weight excluding hydrogens is 154 g/mol. The second-order valence-corrected chi connectivity index (χ2v) is 1.90. The fraction of sp³-hybridized carbons (Fsp3) is 0.500. The zero-order chi connectivity index (χ0) is 7.98. The largest absolute Gasteiger partial charge is 0.448 e. The van der Waals surface area contributed by atoms with Crippen molar-refractivity contribution < 1.29 is 9.53 Å². The molecule has 0 aromatic rings. The molecule has 6 heteroatoms. The van der Waals surface area contributed by atoms with Gasteiger partial charge in [0.15, 0.2) is 5.11 Å². The molecule has 0 aliphatic rings. The SMILES string of the molecule is NC(=O)OCCNC(N)=S. The van der Waals surface area contributed by atoms with Crippen molar-refractivity contribution in [3.05, 3.63) is 0 Å². The number of amides is 1. The van der Waals surface area contributed by atoms with E-state index in [0.717, 1.165) is 0 Å². The minimum absolute atomic E-state index is 0.173. The highest BCUT2D eigenvalue weighted by Crippen LogP contribution is 1.70. The van der Waals surface area contributed by atoms with Crippen LogP contribution in [0.4, 0.5) is 4.79 Å². The quantitative estimate of drug-likeness (QED) is 0.363. The Bertz CT molecular complexity index is 122. The molecular formula is C4H9N3O2S. The van der Waals surface area contributed by atoms with E-state index in [9.17, 15) is 4.79 Å². The lowest BCUT2D eigenvalue weighted by molar-refractivity contribution is 0.159. The zero-order valence-electron chi connectivity index (χ0n) is 5.29. The van der Waals surface area contributed by atoms with Crippen LogP contribution in [0, 0.1) is 0 Å². The molecule has 0 aliphatic heterocycles. The van der Waals surface area contributed by atoms with Crippen LogP contribution in [0.15, 0.2) is 0 Å². The van der Waals surface area contributed by atoms with Gasteiger partial charge in [0.1, 0.15) is 6.61 Å². The second-order valence-electron chi connectivity index (χ2n) is 1.46. The van der Waals surface area contributed by atoms with Gasteiger partial charge in [-0.05, 0) is 12.2 Å². The molecule has 10 heavy (non-hydrogen) atoms. The normalized spacial score (nSPS) is 8.40. The Morgan fingerprint density at radius 2 is 2.20 bits per heavy atom. The molecule has 0 radical (unpaired) electrons. The molecule has 0 aromatic heterocycles. The molecule has 1 amide bonds. The van der Waals surface area contributed by atoms with Crippen molar-refractivity contribution >= 4 is 23.4 Å². The molecule has 0 aliphatic carbocycles. The molecule has 58 valence electrons. The summed E-state index contributed by atoms with van der Waals surface area (Å²) in [4.78, 5) is 9.95. The summed E-state index contributed by atoms with van der Waals surface area (Å²) in [6.07, 6.45) is -0.801. The summed E-state index contributed by atoms with van der Waals surface area (Å²) in [5.74, 6) is 0. The van der Waals surface area contributed by atoms with Gasteiger partial charge in [-0.1, -0.05) is 0 Å². The third-order valence-electron chi connectivity index (χ3n) is 0.646. The number of carbonyl (C=O) groups is 1. The van der Waals surface area contributed by atoms with Gasteiger partial charge in [0.05, 0.1) is 6.54 Å². The Morgan fingerprint density at radius 3 is 2.60 bits per heavy atom. The van der Waals surface area contributed by atoms with Crippen LogP contribution in [0.25, 0.3) is 0 Å². The summed E-state index contributed by atoms with van der Waals surface area (Å²) in [5.41, 5.74) is 9.71. The molecule has 0 spiro atoms. The fourth-order valence-corrected chi connectivity index (χ4v) is 0.428. The molecule has 0 atom stereocenters. The monoisotopic (exact) mass is 163 g/mol. The van der Waals surface area contributed by atoms with Gasteiger partial charge in [-0.3, -0.25) is 0 Å². The summed E-state index contributed by atoms with van der Waals surface area (Å²) in [5, 5.41) is 2.75. The number of rotatable bonds is 3. The van der Waals surface area contributed by atoms with Crippen LogP contribution in [0.3, 0.4) is 0 Å². The van der Waals surface area contributed by atoms with Gasteiger partial charge in [0.2, 0.25) is 0 Å². The molecule has 0 rings (SSSR count). The number of ether oxygens (including phenoxy) is 1. The lowest BCUT2D eigenvalue weighted by Gasteiger charge is -2.02. The standard InChI is InChI=1S/C4H9N3O2S/c5-3(10)7-1-2-9-4(6)8/h1-2H2,(H2,6,8)(H3,5,7,10). The van der Waals surface area contributed by atoms with Crippen LogP contribution >= 0.6 is 12.2 Å². The van der Waals surface area contributed by atoms with Crippen LogP contribution in [-0.2, 0) is 4.74 Å². The van der Waals surface area contributed by atoms with Gasteiger partial charge in [0.25, 0.3) is 0 Å². The zero-order valence-corrected chi connectivity index (χ0v) is 6.11. The first-order valence-electron chi connectivity index (χ1n) is 2.58. The molecule has 0 heterocycles. The average molecular weight is 163 g/mol. The third-order valence-corrected chi connectivity index (χ3v) is 0.790. The third kappa shape index (κ3) is 6.96. The van der Waals surface area contributed by atoms with E-state index < -0.39 is 6.09 Å². The maximum atomic E-state index is 9.95. The van der Waals surface area contributed by atoms with Crippen molar-refractivity contribution in [2.75, 3.05) is 13.2 Å². The molecule has 0 fully saturated rings. The van der Waals surface area contributed by atoms with Crippen molar-refractivity contribution in [1.82, 2.24) is 5.32 Å². The smallest absolute Gasteiger partial charge is 0.404 e. The predicted molar refractivity (Wildman–Crippen MR) is 40.3 cm³/mol. The van der Waals surface area contributed by atoms with Gasteiger partial charge >= 0.3 is 6.09 Å². The number of hydrogen-bond donors (Lipinski definition) is 3. The molecule has 5 nitrogen and oxygen atoms in total. The lowest BCUT2D eigenvalue weighted by atomic mass is 10.7. The maximum Gasteiger partial charge on any atom is 0.404 e. The summed E-state index contributed by atoms with van der Waals surface area (Å²) < 4.78 is 4.35. The first-order chi connectivity index (χ1) is 4.63. The van der Waals surface area contributed by atoms with E-state index in [2.05, 4.69) is 28.0 Å². The van der Waals surface area contributed by atoms with Crippen LogP contribution < -0.4 is 16.8 Å². The first-order valence-corrected chi connectivity index (χ1v) is 2.99. The number of nitrogens with one attached hydrogen (secondary N) is 1. The minimum Gasteiger partial charge on any atom is -0.448 e. The minimum atomic E-state index is -0.801. The molecule has 5 N–H and O–H groups in total. The Balaban J connectivity index is 3.06. The Labute approximate surface area is 63.7 Å². The Kier molecular flexibility index (Phi) is 4.30. The van der Waals surface area contributed by atoms with E-state index in [0.29, 0.717) is 6.54 Å². The highest BCUT2D eigenvalue weighted by Gasteiger charge is 1.91. The molecule has 0 saturated heterocycles. The molecule has 0 saturated carbocycles. The summed E-state index contributed by atoms with van der Waals surface area (Å²) in [6, 6.07) is 0. The van der Waals surface area contributed by atoms with Crippen LogP contribution in [0.5, 0.6) is 0 Å². The van der Waals surface area contributed by atoms with Gasteiger partial charge in [-0.2, -0.15) is 0 Å². The first kappa shape index (κ1) is 8.96. The van der Waals surface area contributed by atoms with E-state index >= 15 is 0 Å². The number of nitrogens with two attached hydrogens (primary N) is 2. The summed E-state index contributed by atoms with van der Waals surface area (Å²) in [6.45, 7) is 0.560. The number of carbonyl (C=O) groups excluding carboxylic acids is 1. The highest BCUT2D eigenvalue weighted by molar-refractivity contribution is 7.80. The topological polar surface area (TPSA) is 90.4 Å². The van der Waals surface area contributed by atoms with E-state index in [1.807, 2.05) is 0 Å². The molecule has 0 bridgehead atoms. The summed E-state index contributed by atoms with van der Waals surface area (Å²) >= 11 is 4.47. The lowest BCUT2D eigenvalue weighted by Crippen LogP contribution is -2.32. The van der Waals surface area contributed by atoms with E-state index in [4.69, 9.17) is 5.73 Å². The Morgan fingerprint density at radius 1 is 1.60 bits per heavy atom. The van der Waals surface area contributed by atoms with Crippen LogP contribution in [0.1, 0.15) is 0 Å². The van der Waals surface area contributed by atoms with Gasteiger partial charge in [0, 0.05) is 0 Å². The van der Waals surface area contributed by atoms with Crippen LogP contribution in [-0.4, -0.2) is 24.4 Å². The maximum absolute atomic E-state index is 9.95. The van der Waals surface area contributed by atoms with Gasteiger partial charge in [-0.15, -0.1) is 0 Å². The van der Waals surface area contributed by atoms with Crippen molar-refractivity contribution in [2.45, 2.75) is 0 Å². The second kappa shape index (κ2) is 4.80. The van der Waals surface area contributed by atoms with E-state index in [-0.39, 0.29) is 11.7 Å². The molecule has 0 unspecified atom stereocenters.